The molecule has 3 fully saturated rings. The molecule has 2 heterocycles. The van der Waals surface area contributed by atoms with Gasteiger partial charge in [-0.15, -0.1) is 0 Å². The van der Waals surface area contributed by atoms with Gasteiger partial charge in [0.05, 0.1) is 51.5 Å². The first kappa shape index (κ1) is 39.2. The summed E-state index contributed by atoms with van der Waals surface area (Å²) in [5.41, 5.74) is 2.02. The Kier molecular flexibility index (Phi) is 9.53. The molecule has 0 aromatic heterocycles. The quantitative estimate of drug-likeness (QED) is 0.0796. The van der Waals surface area contributed by atoms with Crippen LogP contribution in [0, 0.1) is 50.8 Å². The van der Waals surface area contributed by atoms with Crippen molar-refractivity contribution in [1.29, 1.82) is 0 Å². The van der Waals surface area contributed by atoms with Gasteiger partial charge in [-0.25, -0.2) is 4.90 Å². The van der Waals surface area contributed by atoms with Gasteiger partial charge in [-0.2, -0.15) is 5.01 Å². The lowest BCUT2D eigenvalue weighted by Crippen LogP contribution is -2.53. The molecule has 6 atom stereocenters. The lowest BCUT2D eigenvalue weighted by Gasteiger charge is -2.50. The van der Waals surface area contributed by atoms with Crippen molar-refractivity contribution in [2.75, 3.05) is 36.4 Å². The molecule has 4 amide bonds. The first-order chi connectivity index (χ1) is 28.1. The second kappa shape index (κ2) is 14.3. The lowest BCUT2D eigenvalue weighted by molar-refractivity contribution is -0.392. The number of fused-ring (bicyclic) bond motifs is 4. The van der Waals surface area contributed by atoms with Crippen LogP contribution in [0.5, 0.6) is 11.5 Å². The van der Waals surface area contributed by atoms with Gasteiger partial charge in [-0.3, -0.25) is 44.8 Å². The molecular formula is C42H37BrN6O10. The molecule has 6 unspecified atom stereocenters. The van der Waals surface area contributed by atoms with Gasteiger partial charge in [0.25, 0.3) is 11.8 Å². The number of nitrogens with one attached hydrogen (secondary N) is 1. The monoisotopic (exact) mass is 864 g/mol. The molecule has 2 N–H and O–H groups in total. The summed E-state index contributed by atoms with van der Waals surface area (Å²) in [5, 5.41) is 37.5. The summed E-state index contributed by atoms with van der Waals surface area (Å²) in [4.78, 5) is 84.5. The van der Waals surface area contributed by atoms with Crippen molar-refractivity contribution >= 4 is 68.0 Å². The molecular weight excluding hydrogens is 828 g/mol. The average Bonchev–Trinajstić information content (AvgIpc) is 3.59. The van der Waals surface area contributed by atoms with Crippen LogP contribution >= 0.6 is 15.9 Å². The van der Waals surface area contributed by atoms with E-state index in [-0.39, 0.29) is 41.3 Å². The van der Waals surface area contributed by atoms with Crippen molar-refractivity contribution in [3.8, 4) is 11.5 Å². The lowest BCUT2D eigenvalue weighted by atomic mass is 9.49. The Balaban J connectivity index is 1.33. The predicted molar refractivity (Wildman–Crippen MR) is 218 cm³/mol. The molecule has 0 spiro atoms. The Bertz CT molecular complexity index is 2490. The Morgan fingerprint density at radius 1 is 0.898 bits per heavy atom. The third-order valence-electron chi connectivity index (χ3n) is 12.1. The molecule has 2 saturated heterocycles. The number of phenolic OH excluding ortho intramolecular Hbond substituents is 1. The molecule has 2 aliphatic carbocycles. The van der Waals surface area contributed by atoms with Crippen LogP contribution in [-0.4, -0.2) is 64.8 Å². The molecule has 1 saturated carbocycles. The third-order valence-corrected chi connectivity index (χ3v) is 12.6. The van der Waals surface area contributed by atoms with Crippen LogP contribution < -0.4 is 20.0 Å². The highest BCUT2D eigenvalue weighted by atomic mass is 79.9. The number of allylic oxidation sites excluding steroid dienone is 2. The van der Waals surface area contributed by atoms with Crippen LogP contribution in [0.2, 0.25) is 0 Å². The molecule has 302 valence electrons. The smallest absolute Gasteiger partial charge is 0.301 e. The zero-order valence-corrected chi connectivity index (χ0v) is 33.7. The van der Waals surface area contributed by atoms with Crippen molar-refractivity contribution in [2.24, 2.45) is 23.7 Å². The zero-order chi connectivity index (χ0) is 42.2. The summed E-state index contributed by atoms with van der Waals surface area (Å²) in [6.45, 7) is 1.90. The maximum absolute atomic E-state index is 15.4. The highest BCUT2D eigenvalue weighted by Gasteiger charge is 2.71. The SMILES string of the molecule is COc1cc(Br)cc(C2C3=CCC4C(=O)N(c5cc([N+](=O)[O-])c(N(C)C)c([N+](=O)[O-])c5)C(=O)C4C3CC3C(=O)N(Nc4ccc(C)cc4)C(=O)C32c2ccccc2)c1O. The minimum absolute atomic E-state index is 0.0110. The second-order valence-electron chi connectivity index (χ2n) is 15.4. The number of carbonyl (C=O) groups excluding carboxylic acids is 4. The van der Waals surface area contributed by atoms with E-state index < -0.39 is 79.9 Å². The minimum atomic E-state index is -1.69. The highest BCUT2D eigenvalue weighted by Crippen LogP contribution is 2.65. The molecule has 4 aromatic carbocycles. The van der Waals surface area contributed by atoms with Crippen LogP contribution in [-0.2, 0) is 24.6 Å². The Morgan fingerprint density at radius 2 is 1.54 bits per heavy atom. The number of ether oxygens (including phenoxy) is 1. The molecule has 2 aliphatic heterocycles. The van der Waals surface area contributed by atoms with E-state index >= 15 is 4.79 Å². The summed E-state index contributed by atoms with van der Waals surface area (Å²) in [6.07, 6.45) is 1.70. The molecule has 59 heavy (non-hydrogen) atoms. The van der Waals surface area contributed by atoms with Gasteiger partial charge in [-0.1, -0.05) is 75.6 Å². The number of anilines is 3. The number of hydrazine groups is 1. The van der Waals surface area contributed by atoms with Gasteiger partial charge in [0.1, 0.15) is 0 Å². The number of aromatic hydroxyl groups is 1. The zero-order valence-electron chi connectivity index (χ0n) is 32.1. The number of nitro groups is 2. The summed E-state index contributed by atoms with van der Waals surface area (Å²) in [5.74, 6) is -8.12. The summed E-state index contributed by atoms with van der Waals surface area (Å²) in [7, 11) is 4.19. The number of aryl methyl sites for hydroxylation is 1. The summed E-state index contributed by atoms with van der Waals surface area (Å²) >= 11 is 3.53. The number of phenols is 1. The van der Waals surface area contributed by atoms with Crippen LogP contribution in [0.1, 0.15) is 35.4 Å². The van der Waals surface area contributed by atoms with E-state index in [1.165, 1.54) is 26.1 Å². The number of nitro benzene ring substituents is 2. The first-order valence-corrected chi connectivity index (χ1v) is 19.5. The minimum Gasteiger partial charge on any atom is -0.504 e. The fourth-order valence-electron chi connectivity index (χ4n) is 9.77. The maximum Gasteiger partial charge on any atom is 0.301 e. The number of carbonyl (C=O) groups is 4. The number of hydrogen-bond acceptors (Lipinski definition) is 12. The molecule has 8 rings (SSSR count). The molecule has 0 bridgehead atoms. The van der Waals surface area contributed by atoms with Gasteiger partial charge in [0, 0.05) is 42.2 Å². The second-order valence-corrected chi connectivity index (χ2v) is 16.3. The fourth-order valence-corrected chi connectivity index (χ4v) is 10.2. The largest absolute Gasteiger partial charge is 0.504 e. The first-order valence-electron chi connectivity index (χ1n) is 18.7. The van der Waals surface area contributed by atoms with Crippen molar-refractivity contribution < 1.29 is 38.9 Å². The van der Waals surface area contributed by atoms with E-state index in [9.17, 15) is 39.7 Å². The van der Waals surface area contributed by atoms with Gasteiger partial charge in [0.2, 0.25) is 11.8 Å². The van der Waals surface area contributed by atoms with Crippen LogP contribution in [0.4, 0.5) is 28.4 Å². The Hall–Kier alpha value is -6.62. The Morgan fingerprint density at radius 3 is 2.14 bits per heavy atom. The van der Waals surface area contributed by atoms with E-state index in [2.05, 4.69) is 21.4 Å². The van der Waals surface area contributed by atoms with Crippen molar-refractivity contribution in [2.45, 2.75) is 31.1 Å². The van der Waals surface area contributed by atoms with Crippen molar-refractivity contribution in [1.82, 2.24) is 5.01 Å². The van der Waals surface area contributed by atoms with E-state index in [0.717, 1.165) is 27.6 Å². The van der Waals surface area contributed by atoms with Gasteiger partial charge in [-0.05, 0) is 55.5 Å². The van der Waals surface area contributed by atoms with Crippen LogP contribution in [0.3, 0.4) is 0 Å². The average molecular weight is 866 g/mol. The van der Waals surface area contributed by atoms with E-state index in [4.69, 9.17) is 4.74 Å². The predicted octanol–water partition coefficient (Wildman–Crippen LogP) is 6.54. The van der Waals surface area contributed by atoms with Crippen LogP contribution in [0.25, 0.3) is 0 Å². The number of imide groups is 2. The normalized spacial score (nSPS) is 24.6. The third kappa shape index (κ3) is 5.85. The number of hydrogen-bond donors (Lipinski definition) is 2. The number of halogens is 1. The summed E-state index contributed by atoms with van der Waals surface area (Å²) in [6, 6.07) is 21.1. The molecule has 4 aliphatic rings. The van der Waals surface area contributed by atoms with Crippen LogP contribution in [0.15, 0.2) is 95.0 Å². The topological polar surface area (TPSA) is 206 Å². The van der Waals surface area contributed by atoms with E-state index in [0.29, 0.717) is 21.3 Å². The number of rotatable bonds is 9. The van der Waals surface area contributed by atoms with Gasteiger partial charge in [0.15, 0.2) is 17.2 Å². The van der Waals surface area contributed by atoms with Crippen molar-refractivity contribution in [3.63, 3.8) is 0 Å². The van der Waals surface area contributed by atoms with Gasteiger partial charge >= 0.3 is 11.4 Å². The Labute approximate surface area is 345 Å². The van der Waals surface area contributed by atoms with E-state index in [1.807, 2.05) is 19.1 Å². The standard InChI is InChI=1S/C42H37BrN6O10/c1-21-10-12-24(13-11-21)44-47-39(52)30-20-28-26(35(29-16-23(43)17-33(59-4)37(29)50)42(30,41(47)54)22-8-6-5-7-9-22)14-15-27-34(28)40(53)46(38(27)51)25-18-31(48(55)56)36(45(2)3)32(19-25)49(57)58/h5-14,16-19,27-28,30,34-35,44,50H,15,20H2,1-4H3. The maximum atomic E-state index is 15.4. The van der Waals surface area contributed by atoms with Gasteiger partial charge < -0.3 is 14.7 Å². The fraction of sp³-hybridized carbons (Fsp3) is 0.286. The summed E-state index contributed by atoms with van der Waals surface area (Å²) < 4.78 is 6.06. The molecule has 16 nitrogen and oxygen atoms in total. The number of amides is 4. The highest BCUT2D eigenvalue weighted by molar-refractivity contribution is 9.10. The number of nitrogens with zero attached hydrogens (tertiary/aromatic N) is 5. The number of benzene rings is 4. The molecule has 4 aromatic rings. The van der Waals surface area contributed by atoms with Crippen molar-refractivity contribution in [3.05, 3.63) is 132 Å². The van der Waals surface area contributed by atoms with E-state index in [1.54, 1.807) is 60.7 Å². The molecule has 0 radical (unpaired) electrons. The number of methoxy groups -OCH3 is 1. The molecule has 17 heteroatoms.